The first-order valence-electron chi connectivity index (χ1n) is 10.6. The van der Waals surface area contributed by atoms with E-state index in [1.165, 1.54) is 12.1 Å². The summed E-state index contributed by atoms with van der Waals surface area (Å²) in [5.41, 5.74) is 3.99. The highest BCUT2D eigenvalue weighted by molar-refractivity contribution is 5.95. The first-order chi connectivity index (χ1) is 15.3. The van der Waals surface area contributed by atoms with E-state index in [0.29, 0.717) is 6.54 Å². The van der Waals surface area contributed by atoms with Crippen molar-refractivity contribution in [3.8, 4) is 11.5 Å². The molecule has 5 nitrogen and oxygen atoms in total. The molecule has 1 aliphatic heterocycles. The Balaban J connectivity index is 1.48. The van der Waals surface area contributed by atoms with E-state index in [4.69, 9.17) is 4.74 Å². The van der Waals surface area contributed by atoms with Gasteiger partial charge in [0.2, 0.25) is 0 Å². The van der Waals surface area contributed by atoms with Crippen molar-refractivity contribution in [2.24, 2.45) is 0 Å². The zero-order valence-electron chi connectivity index (χ0n) is 18.2. The van der Waals surface area contributed by atoms with E-state index in [1.807, 2.05) is 13.0 Å². The largest absolute Gasteiger partial charge is 0.573 e. The van der Waals surface area contributed by atoms with Gasteiger partial charge in [0.05, 0.1) is 12.6 Å². The number of aryl methyl sites for hydroxylation is 1. The molecule has 4 rings (SSSR count). The fourth-order valence-electron chi connectivity index (χ4n) is 4.28. The summed E-state index contributed by atoms with van der Waals surface area (Å²) in [6.07, 6.45) is -1.91. The van der Waals surface area contributed by atoms with E-state index >= 15 is 0 Å². The Labute approximate surface area is 185 Å². The Hall–Kier alpha value is -3.00. The lowest BCUT2D eigenvalue weighted by molar-refractivity contribution is -0.274. The number of halogens is 3. The smallest absolute Gasteiger partial charge is 0.494 e. The molecular formula is C24H26F3N3O2. The van der Waals surface area contributed by atoms with Crippen LogP contribution in [-0.4, -0.2) is 49.5 Å². The lowest BCUT2D eigenvalue weighted by Gasteiger charge is -2.27. The molecule has 3 aromatic rings. The van der Waals surface area contributed by atoms with Crippen LogP contribution in [0.3, 0.4) is 0 Å². The number of ether oxygens (including phenoxy) is 2. The highest BCUT2D eigenvalue weighted by Crippen LogP contribution is 2.38. The van der Waals surface area contributed by atoms with E-state index in [-0.39, 0.29) is 5.75 Å². The third-order valence-electron chi connectivity index (χ3n) is 5.68. The van der Waals surface area contributed by atoms with Crippen LogP contribution < -0.4 is 14.4 Å². The average Bonchev–Trinajstić information content (AvgIpc) is 2.98. The molecule has 1 aromatic heterocycles. The molecule has 2 heterocycles. The Kier molecular flexibility index (Phi) is 6.41. The lowest BCUT2D eigenvalue weighted by Crippen LogP contribution is -2.31. The van der Waals surface area contributed by atoms with E-state index in [2.05, 4.69) is 31.7 Å². The number of hydrogen-bond donors (Lipinski definition) is 0. The summed E-state index contributed by atoms with van der Waals surface area (Å²) in [6, 6.07) is 12.2. The van der Waals surface area contributed by atoms with Gasteiger partial charge in [-0.2, -0.15) is 0 Å². The van der Waals surface area contributed by atoms with Crippen molar-refractivity contribution in [1.82, 2.24) is 9.88 Å². The summed E-state index contributed by atoms with van der Waals surface area (Å²) >= 11 is 0. The van der Waals surface area contributed by atoms with Crippen molar-refractivity contribution in [2.45, 2.75) is 26.3 Å². The molecule has 1 fully saturated rings. The number of pyridine rings is 1. The van der Waals surface area contributed by atoms with Crippen LogP contribution >= 0.6 is 0 Å². The second-order valence-corrected chi connectivity index (χ2v) is 7.96. The molecule has 0 saturated carbocycles. The van der Waals surface area contributed by atoms with Crippen LogP contribution in [0.5, 0.6) is 11.5 Å². The van der Waals surface area contributed by atoms with E-state index in [1.54, 1.807) is 25.4 Å². The maximum Gasteiger partial charge on any atom is 0.573 e. The molecule has 0 amide bonds. The highest BCUT2D eigenvalue weighted by Gasteiger charge is 2.31. The summed E-state index contributed by atoms with van der Waals surface area (Å²) < 4.78 is 46.8. The molecular weight excluding hydrogens is 419 g/mol. The molecule has 2 aromatic carbocycles. The maximum absolute atomic E-state index is 12.4. The van der Waals surface area contributed by atoms with Crippen molar-refractivity contribution in [1.29, 1.82) is 0 Å². The molecule has 0 N–H and O–H groups in total. The second kappa shape index (κ2) is 9.24. The predicted octanol–water partition coefficient (Wildman–Crippen LogP) is 5.16. The number of methoxy groups -OCH3 is 1. The molecule has 170 valence electrons. The Morgan fingerprint density at radius 3 is 2.53 bits per heavy atom. The summed E-state index contributed by atoms with van der Waals surface area (Å²) in [5, 5.41) is 1.09. The van der Waals surface area contributed by atoms with Gasteiger partial charge in [-0.3, -0.25) is 9.88 Å². The number of rotatable bonds is 5. The van der Waals surface area contributed by atoms with E-state index in [0.717, 1.165) is 66.1 Å². The number of anilines is 1. The molecule has 0 aliphatic carbocycles. The minimum absolute atomic E-state index is 0.200. The lowest BCUT2D eigenvalue weighted by atomic mass is 10.1. The molecule has 0 spiro atoms. The topological polar surface area (TPSA) is 37.8 Å². The second-order valence-electron chi connectivity index (χ2n) is 7.96. The van der Waals surface area contributed by atoms with Crippen molar-refractivity contribution < 1.29 is 22.6 Å². The van der Waals surface area contributed by atoms with Crippen molar-refractivity contribution >= 4 is 16.6 Å². The quantitative estimate of drug-likeness (QED) is 0.542. The van der Waals surface area contributed by atoms with Crippen molar-refractivity contribution in [3.05, 3.63) is 59.8 Å². The van der Waals surface area contributed by atoms with Gasteiger partial charge in [-0.05, 0) is 48.7 Å². The van der Waals surface area contributed by atoms with Gasteiger partial charge in [-0.1, -0.05) is 18.2 Å². The van der Waals surface area contributed by atoms with Gasteiger partial charge >= 0.3 is 6.36 Å². The monoisotopic (exact) mass is 445 g/mol. The van der Waals surface area contributed by atoms with Crippen LogP contribution in [0.1, 0.15) is 17.5 Å². The molecule has 8 heteroatoms. The fraction of sp³-hybridized carbons (Fsp3) is 0.375. The van der Waals surface area contributed by atoms with Crippen LogP contribution in [-0.2, 0) is 6.54 Å². The number of benzene rings is 2. The van der Waals surface area contributed by atoms with Gasteiger partial charge in [-0.25, -0.2) is 0 Å². The molecule has 1 saturated heterocycles. The maximum atomic E-state index is 12.4. The Morgan fingerprint density at radius 1 is 1.03 bits per heavy atom. The zero-order chi connectivity index (χ0) is 22.7. The van der Waals surface area contributed by atoms with Gasteiger partial charge in [0, 0.05) is 44.3 Å². The van der Waals surface area contributed by atoms with Gasteiger partial charge in [0.15, 0.2) is 0 Å². The number of hydrogen-bond acceptors (Lipinski definition) is 5. The number of aromatic nitrogens is 1. The summed E-state index contributed by atoms with van der Waals surface area (Å²) in [6.45, 7) is 6.12. The Morgan fingerprint density at radius 2 is 1.81 bits per heavy atom. The minimum atomic E-state index is -4.67. The Bertz CT molecular complexity index is 1070. The van der Waals surface area contributed by atoms with Crippen molar-refractivity contribution in [3.63, 3.8) is 0 Å². The summed E-state index contributed by atoms with van der Waals surface area (Å²) in [4.78, 5) is 9.28. The van der Waals surface area contributed by atoms with E-state index in [9.17, 15) is 13.2 Å². The van der Waals surface area contributed by atoms with Crippen LogP contribution in [0.2, 0.25) is 0 Å². The predicted molar refractivity (Wildman–Crippen MR) is 118 cm³/mol. The van der Waals surface area contributed by atoms with Gasteiger partial charge in [-0.15, -0.1) is 13.2 Å². The van der Waals surface area contributed by atoms with Crippen molar-refractivity contribution in [2.75, 3.05) is 38.2 Å². The molecule has 0 atom stereocenters. The zero-order valence-corrected chi connectivity index (χ0v) is 18.2. The average molecular weight is 445 g/mol. The SMILES string of the molecule is COc1c(C)cc2cccnc2c1N1CCCN(Cc2ccc(OC(F)(F)F)cc2)CC1. The molecule has 32 heavy (non-hydrogen) atoms. The van der Waals surface area contributed by atoms with Crippen LogP contribution in [0.25, 0.3) is 10.9 Å². The molecule has 0 unspecified atom stereocenters. The normalized spacial score (nSPS) is 15.6. The molecule has 1 aliphatic rings. The number of nitrogens with zero attached hydrogens (tertiary/aromatic N) is 3. The van der Waals surface area contributed by atoms with Crippen LogP contribution in [0.4, 0.5) is 18.9 Å². The number of alkyl halides is 3. The first kappa shape index (κ1) is 22.2. The first-order valence-corrected chi connectivity index (χ1v) is 10.6. The minimum Gasteiger partial charge on any atom is -0.494 e. The third kappa shape index (κ3) is 5.07. The van der Waals surface area contributed by atoms with E-state index < -0.39 is 6.36 Å². The summed E-state index contributed by atoms with van der Waals surface area (Å²) in [7, 11) is 1.69. The van der Waals surface area contributed by atoms with Gasteiger partial charge < -0.3 is 14.4 Å². The van der Waals surface area contributed by atoms with Gasteiger partial charge in [0.25, 0.3) is 0 Å². The van der Waals surface area contributed by atoms with Gasteiger partial charge in [0.1, 0.15) is 17.2 Å². The number of fused-ring (bicyclic) bond motifs is 1. The molecule has 0 radical (unpaired) electrons. The highest BCUT2D eigenvalue weighted by atomic mass is 19.4. The van der Waals surface area contributed by atoms with Crippen LogP contribution in [0, 0.1) is 6.92 Å². The third-order valence-corrected chi connectivity index (χ3v) is 5.68. The fourth-order valence-corrected chi connectivity index (χ4v) is 4.28. The standard InChI is InChI=1S/C24H26F3N3O2/c1-17-15-19-5-3-10-28-21(19)22(23(17)31-2)30-12-4-11-29(13-14-30)16-18-6-8-20(9-7-18)32-24(25,26)27/h3,5-10,15H,4,11-14,16H2,1-2H3. The summed E-state index contributed by atoms with van der Waals surface area (Å²) in [5.74, 6) is 0.652. The van der Waals surface area contributed by atoms with Crippen LogP contribution in [0.15, 0.2) is 48.7 Å². The molecule has 0 bridgehead atoms.